The predicted molar refractivity (Wildman–Crippen MR) is 101 cm³/mol. The van der Waals surface area contributed by atoms with E-state index in [-0.39, 0.29) is 23.0 Å². The third-order valence-corrected chi connectivity index (χ3v) is 4.42. The zero-order valence-electron chi connectivity index (χ0n) is 13.8. The van der Waals surface area contributed by atoms with Gasteiger partial charge in [0, 0.05) is 16.7 Å². The van der Waals surface area contributed by atoms with Crippen molar-refractivity contribution >= 4 is 15.2 Å². The van der Waals surface area contributed by atoms with E-state index < -0.39 is 5.60 Å². The largest absolute Gasteiger partial charge is 1.00 e. The molecule has 0 saturated heterocycles. The van der Waals surface area contributed by atoms with Crippen LogP contribution in [0.4, 0.5) is 0 Å². The van der Waals surface area contributed by atoms with Crippen LogP contribution >= 0.6 is 9.24 Å². The number of carbonyl (C=O) groups is 1. The Bertz CT molecular complexity index is 695. The van der Waals surface area contributed by atoms with E-state index in [4.69, 9.17) is 4.74 Å². The number of benzene rings is 3. The van der Waals surface area contributed by atoms with Crippen LogP contribution in [0.5, 0.6) is 0 Å². The molecule has 0 spiro atoms. The van der Waals surface area contributed by atoms with Crippen molar-refractivity contribution in [2.75, 3.05) is 6.16 Å². The molecule has 0 aromatic heterocycles. The van der Waals surface area contributed by atoms with Crippen molar-refractivity contribution in [2.45, 2.75) is 5.60 Å². The molecule has 3 aromatic rings. The fourth-order valence-electron chi connectivity index (χ4n) is 2.92. The van der Waals surface area contributed by atoms with Gasteiger partial charge in [0.1, 0.15) is 6.16 Å². The predicted octanol–water partition coefficient (Wildman–Crippen LogP) is 1.13. The molecule has 1 unspecified atom stereocenters. The highest BCUT2D eigenvalue weighted by Gasteiger charge is 2.40. The molecule has 25 heavy (non-hydrogen) atoms. The Balaban J connectivity index is 0.00000225. The van der Waals surface area contributed by atoms with E-state index in [0.717, 1.165) is 16.7 Å². The van der Waals surface area contributed by atoms with Crippen LogP contribution in [0.1, 0.15) is 16.7 Å². The Morgan fingerprint density at radius 1 is 0.720 bits per heavy atom. The Kier molecular flexibility index (Phi) is 6.92. The average Bonchev–Trinajstić information content (AvgIpc) is 2.68. The first-order valence-corrected chi connectivity index (χ1v) is 8.95. The highest BCUT2D eigenvalue weighted by atomic mass is 79.9. The molecule has 3 rings (SSSR count). The van der Waals surface area contributed by atoms with E-state index >= 15 is 0 Å². The number of esters is 1. The number of rotatable bonds is 5. The summed E-state index contributed by atoms with van der Waals surface area (Å²) < 4.78 is 6.11. The normalized spacial score (nSPS) is 10.7. The zero-order valence-corrected chi connectivity index (χ0v) is 16.8. The summed E-state index contributed by atoms with van der Waals surface area (Å²) in [6.45, 7) is 0. The van der Waals surface area contributed by atoms with Gasteiger partial charge in [-0.3, -0.25) is 0 Å². The maximum absolute atomic E-state index is 12.3. The third-order valence-electron chi connectivity index (χ3n) is 4.01. The number of carbonyl (C=O) groups excluding carboxylic acids is 1. The molecule has 4 heteroatoms. The van der Waals surface area contributed by atoms with Gasteiger partial charge in [-0.25, -0.2) is 4.79 Å². The van der Waals surface area contributed by atoms with Gasteiger partial charge in [0.05, 0.1) is 0 Å². The topological polar surface area (TPSA) is 26.3 Å². The van der Waals surface area contributed by atoms with Crippen LogP contribution in [-0.2, 0) is 15.1 Å². The first-order chi connectivity index (χ1) is 11.8. The van der Waals surface area contributed by atoms with Crippen molar-refractivity contribution in [1.29, 1.82) is 0 Å². The van der Waals surface area contributed by atoms with Crippen LogP contribution in [0.2, 0.25) is 0 Å². The van der Waals surface area contributed by atoms with E-state index in [1.165, 1.54) is 0 Å². The molecule has 0 radical (unpaired) electrons. The monoisotopic (exact) mass is 414 g/mol. The number of hydrogen-bond donors (Lipinski definition) is 0. The Hall–Kier alpha value is -1.96. The van der Waals surface area contributed by atoms with Gasteiger partial charge >= 0.3 is 5.97 Å². The second-order valence-corrected chi connectivity index (χ2v) is 6.00. The molecule has 0 bridgehead atoms. The SMILES string of the molecule is O=C(C[PH3+])OC(c1ccccc1)(c1ccccc1)c1ccccc1.[Br-]. The van der Waals surface area contributed by atoms with Crippen LogP contribution in [0.15, 0.2) is 91.0 Å². The van der Waals surface area contributed by atoms with Crippen molar-refractivity contribution in [3.8, 4) is 0 Å². The molecular formula is C21H20BrO2P. The molecule has 0 heterocycles. The second kappa shape index (κ2) is 8.94. The number of halogens is 1. The molecule has 0 fully saturated rings. The van der Waals surface area contributed by atoms with E-state index in [2.05, 4.69) is 0 Å². The summed E-state index contributed by atoms with van der Waals surface area (Å²) >= 11 is 0. The summed E-state index contributed by atoms with van der Waals surface area (Å²) in [6, 6.07) is 29.7. The van der Waals surface area contributed by atoms with Gasteiger partial charge in [0.2, 0.25) is 0 Å². The van der Waals surface area contributed by atoms with Gasteiger partial charge in [-0.05, 0) is 9.24 Å². The third kappa shape index (κ3) is 4.00. The lowest BCUT2D eigenvalue weighted by Gasteiger charge is -2.35. The fourth-order valence-corrected chi connectivity index (χ4v) is 3.02. The van der Waals surface area contributed by atoms with Crippen molar-refractivity contribution in [2.24, 2.45) is 0 Å². The summed E-state index contributed by atoms with van der Waals surface area (Å²) in [5, 5.41) is 0. The minimum Gasteiger partial charge on any atom is -1.00 e. The van der Waals surface area contributed by atoms with Crippen LogP contribution in [0, 0.1) is 0 Å². The minimum absolute atomic E-state index is 0. The molecule has 1 atom stereocenters. The lowest BCUT2D eigenvalue weighted by Crippen LogP contribution is -3.00. The summed E-state index contributed by atoms with van der Waals surface area (Å²) in [6.07, 6.45) is 0.355. The summed E-state index contributed by atoms with van der Waals surface area (Å²) in [7, 11) is 1.61. The Morgan fingerprint density at radius 3 is 1.32 bits per heavy atom. The minimum atomic E-state index is -0.943. The summed E-state index contributed by atoms with van der Waals surface area (Å²) in [4.78, 5) is 12.3. The van der Waals surface area contributed by atoms with Gasteiger partial charge in [0.15, 0.2) is 5.60 Å². The molecule has 0 aliphatic rings. The fraction of sp³-hybridized carbons (Fsp3) is 0.0952. The maximum Gasteiger partial charge on any atom is 0.344 e. The van der Waals surface area contributed by atoms with E-state index in [9.17, 15) is 4.79 Å². The van der Waals surface area contributed by atoms with Crippen LogP contribution in [-0.4, -0.2) is 12.1 Å². The van der Waals surface area contributed by atoms with Crippen LogP contribution in [0.3, 0.4) is 0 Å². The molecule has 0 amide bonds. The molecule has 0 aliphatic carbocycles. The number of hydrogen-bond acceptors (Lipinski definition) is 2. The molecule has 128 valence electrons. The Labute approximate surface area is 161 Å². The van der Waals surface area contributed by atoms with E-state index in [1.54, 1.807) is 9.24 Å². The zero-order chi connectivity index (χ0) is 16.8. The van der Waals surface area contributed by atoms with Gasteiger partial charge in [-0.2, -0.15) is 0 Å². The molecule has 3 aromatic carbocycles. The molecule has 0 N–H and O–H groups in total. The lowest BCUT2D eigenvalue weighted by atomic mass is 9.80. The first kappa shape index (κ1) is 19.4. The van der Waals surface area contributed by atoms with E-state index in [0.29, 0.717) is 6.16 Å². The molecular weight excluding hydrogens is 395 g/mol. The van der Waals surface area contributed by atoms with E-state index in [1.807, 2.05) is 91.0 Å². The highest BCUT2D eigenvalue weighted by Crippen LogP contribution is 2.40. The maximum atomic E-state index is 12.3. The Morgan fingerprint density at radius 2 is 1.04 bits per heavy atom. The lowest BCUT2D eigenvalue weighted by molar-refractivity contribution is -0.150. The second-order valence-electron chi connectivity index (χ2n) is 5.50. The summed E-state index contributed by atoms with van der Waals surface area (Å²) in [5.74, 6) is -0.218. The standard InChI is InChI=1S/C21H19O2P.BrH/c22-20(16-24)23-21(17-10-4-1-5-11-17,18-12-6-2-7-13-18)19-14-8-3-9-15-19;/h1-15H,16,24H2;1H. The summed E-state index contributed by atoms with van der Waals surface area (Å²) in [5.41, 5.74) is 1.87. The van der Waals surface area contributed by atoms with Gasteiger partial charge in [0.25, 0.3) is 0 Å². The van der Waals surface area contributed by atoms with Gasteiger partial charge in [-0.1, -0.05) is 91.0 Å². The molecule has 0 saturated carbocycles. The van der Waals surface area contributed by atoms with Crippen molar-refractivity contribution in [3.05, 3.63) is 108 Å². The highest BCUT2D eigenvalue weighted by molar-refractivity contribution is 7.18. The smallest absolute Gasteiger partial charge is 0.344 e. The van der Waals surface area contributed by atoms with Crippen LogP contribution < -0.4 is 17.0 Å². The van der Waals surface area contributed by atoms with Gasteiger partial charge in [-0.15, -0.1) is 0 Å². The van der Waals surface area contributed by atoms with Crippen LogP contribution in [0.25, 0.3) is 0 Å². The average molecular weight is 415 g/mol. The van der Waals surface area contributed by atoms with Crippen molar-refractivity contribution < 1.29 is 26.5 Å². The molecule has 0 aliphatic heterocycles. The first-order valence-electron chi connectivity index (χ1n) is 7.95. The molecule has 2 nitrogen and oxygen atoms in total. The number of ether oxygens (including phenoxy) is 1. The van der Waals surface area contributed by atoms with Crippen molar-refractivity contribution in [3.63, 3.8) is 0 Å². The van der Waals surface area contributed by atoms with Gasteiger partial charge < -0.3 is 21.7 Å². The van der Waals surface area contributed by atoms with Crippen molar-refractivity contribution in [1.82, 2.24) is 0 Å². The quantitative estimate of drug-likeness (QED) is 0.355.